The van der Waals surface area contributed by atoms with E-state index in [2.05, 4.69) is 36.6 Å². The second kappa shape index (κ2) is 8.70. The van der Waals surface area contributed by atoms with Crippen molar-refractivity contribution >= 4 is 46.2 Å². The zero-order valence-electron chi connectivity index (χ0n) is 14.8. The first-order chi connectivity index (χ1) is 11.8. The van der Waals surface area contributed by atoms with Crippen LogP contribution >= 0.6 is 35.3 Å². The molecule has 2 aliphatic rings. The van der Waals surface area contributed by atoms with E-state index in [4.69, 9.17) is 0 Å². The molecule has 5 nitrogen and oxygen atoms in total. The minimum atomic E-state index is 0. The predicted molar refractivity (Wildman–Crippen MR) is 115 cm³/mol. The Morgan fingerprint density at radius 2 is 2.12 bits per heavy atom. The summed E-state index contributed by atoms with van der Waals surface area (Å²) in [6.07, 6.45) is 13.9. The molecule has 4 rings (SSSR count). The Morgan fingerprint density at radius 1 is 1.28 bits per heavy atom. The lowest BCUT2D eigenvalue weighted by molar-refractivity contribution is 0.150. The van der Waals surface area contributed by atoms with E-state index in [0.717, 1.165) is 28.5 Å². The van der Waals surface area contributed by atoms with Crippen LogP contribution in [0.2, 0.25) is 0 Å². The third-order valence-electron chi connectivity index (χ3n) is 5.68. The molecule has 2 N–H and O–H groups in total. The van der Waals surface area contributed by atoms with Crippen LogP contribution in [-0.4, -0.2) is 28.4 Å². The van der Waals surface area contributed by atoms with Gasteiger partial charge in [0.15, 0.2) is 10.9 Å². The van der Waals surface area contributed by atoms with E-state index in [9.17, 15) is 0 Å². The number of fused-ring (bicyclic) bond motifs is 2. The molecule has 0 radical (unpaired) electrons. The summed E-state index contributed by atoms with van der Waals surface area (Å²) in [6, 6.07) is 0.570. The first-order valence-electron chi connectivity index (χ1n) is 9.20. The Hall–Kier alpha value is -0.830. The molecular weight excluding hydrogens is 445 g/mol. The van der Waals surface area contributed by atoms with Gasteiger partial charge in [0, 0.05) is 30.9 Å². The topological polar surface area (TPSA) is 53.7 Å². The van der Waals surface area contributed by atoms with Crippen molar-refractivity contribution in [2.24, 2.45) is 16.8 Å². The lowest BCUT2D eigenvalue weighted by Crippen LogP contribution is -2.46. The number of aromatic nitrogens is 2. The number of thiazole rings is 1. The minimum Gasteiger partial charge on any atom is -0.354 e. The van der Waals surface area contributed by atoms with Crippen LogP contribution in [-0.2, 0) is 6.54 Å². The van der Waals surface area contributed by atoms with E-state index in [1.165, 1.54) is 44.9 Å². The average molecular weight is 473 g/mol. The Labute approximate surface area is 170 Å². The van der Waals surface area contributed by atoms with Gasteiger partial charge in [0.05, 0.1) is 12.2 Å². The molecule has 2 aromatic heterocycles. The molecule has 2 saturated carbocycles. The van der Waals surface area contributed by atoms with Crippen molar-refractivity contribution in [3.8, 4) is 0 Å². The maximum absolute atomic E-state index is 4.62. The van der Waals surface area contributed by atoms with E-state index in [-0.39, 0.29) is 24.0 Å². The van der Waals surface area contributed by atoms with Gasteiger partial charge in [0.25, 0.3) is 0 Å². The predicted octanol–water partition coefficient (Wildman–Crippen LogP) is 4.04. The van der Waals surface area contributed by atoms with E-state index < -0.39 is 0 Å². The van der Waals surface area contributed by atoms with Crippen LogP contribution in [0.3, 0.4) is 0 Å². The molecule has 2 aromatic rings. The highest BCUT2D eigenvalue weighted by Gasteiger charge is 2.32. The lowest BCUT2D eigenvalue weighted by atomic mass is 9.69. The number of rotatable bonds is 3. The fourth-order valence-electron chi connectivity index (χ4n) is 4.43. The maximum atomic E-state index is 4.62. The van der Waals surface area contributed by atoms with Crippen molar-refractivity contribution < 1.29 is 0 Å². The molecule has 3 atom stereocenters. The Bertz CT molecular complexity index is 681. The van der Waals surface area contributed by atoms with Crippen LogP contribution < -0.4 is 10.6 Å². The van der Waals surface area contributed by atoms with E-state index in [0.29, 0.717) is 12.6 Å². The van der Waals surface area contributed by atoms with Gasteiger partial charge in [0.1, 0.15) is 0 Å². The first-order valence-corrected chi connectivity index (χ1v) is 10.1. The van der Waals surface area contributed by atoms with Gasteiger partial charge in [0.2, 0.25) is 0 Å². The number of hydrogen-bond donors (Lipinski definition) is 2. The number of guanidine groups is 1. The van der Waals surface area contributed by atoms with E-state index in [1.807, 2.05) is 13.2 Å². The summed E-state index contributed by atoms with van der Waals surface area (Å²) in [4.78, 5) is 10.1. The number of nitrogens with one attached hydrogen (secondary N) is 2. The van der Waals surface area contributed by atoms with Gasteiger partial charge < -0.3 is 10.6 Å². The minimum absolute atomic E-state index is 0. The van der Waals surface area contributed by atoms with Crippen molar-refractivity contribution in [1.29, 1.82) is 0 Å². The summed E-state index contributed by atoms with van der Waals surface area (Å²) in [6.45, 7) is 0.715. The van der Waals surface area contributed by atoms with Gasteiger partial charge in [-0.05, 0) is 31.1 Å². The molecule has 0 aliphatic heterocycles. The normalized spacial score (nSPS) is 26.8. The van der Waals surface area contributed by atoms with Crippen LogP contribution in [0.15, 0.2) is 22.8 Å². The average Bonchev–Trinajstić information content (AvgIpc) is 3.20. The highest BCUT2D eigenvalue weighted by Crippen LogP contribution is 2.40. The Balaban J connectivity index is 0.00000182. The third-order valence-corrected chi connectivity index (χ3v) is 6.45. The maximum Gasteiger partial charge on any atom is 0.193 e. The Morgan fingerprint density at radius 3 is 2.92 bits per heavy atom. The summed E-state index contributed by atoms with van der Waals surface area (Å²) < 4.78 is 2.07. The third kappa shape index (κ3) is 4.48. The quantitative estimate of drug-likeness (QED) is 0.402. The second-order valence-electron chi connectivity index (χ2n) is 7.21. The van der Waals surface area contributed by atoms with Gasteiger partial charge in [-0.25, -0.2) is 4.98 Å². The molecule has 2 aliphatic carbocycles. The molecule has 0 saturated heterocycles. The van der Waals surface area contributed by atoms with Crippen LogP contribution in [0, 0.1) is 11.8 Å². The van der Waals surface area contributed by atoms with Gasteiger partial charge in [-0.3, -0.25) is 9.39 Å². The molecule has 2 heterocycles. The summed E-state index contributed by atoms with van der Waals surface area (Å²) in [5.41, 5.74) is 1.06. The number of hydrogen-bond acceptors (Lipinski definition) is 3. The largest absolute Gasteiger partial charge is 0.354 e. The summed E-state index contributed by atoms with van der Waals surface area (Å²) in [5.74, 6) is 2.83. The summed E-state index contributed by atoms with van der Waals surface area (Å²) in [5, 5.41) is 9.12. The van der Waals surface area contributed by atoms with Crippen molar-refractivity contribution in [2.45, 2.75) is 57.5 Å². The highest BCUT2D eigenvalue weighted by molar-refractivity contribution is 14.0. The monoisotopic (exact) mass is 473 g/mol. The molecule has 138 valence electrons. The molecule has 7 heteroatoms. The molecular formula is C18H28IN5S. The highest BCUT2D eigenvalue weighted by atomic mass is 127. The zero-order valence-corrected chi connectivity index (χ0v) is 17.9. The molecule has 0 amide bonds. The molecule has 0 bridgehead atoms. The molecule has 0 aromatic carbocycles. The van der Waals surface area contributed by atoms with Crippen molar-refractivity contribution in [3.63, 3.8) is 0 Å². The second-order valence-corrected chi connectivity index (χ2v) is 8.08. The number of imidazole rings is 1. The lowest BCUT2D eigenvalue weighted by Gasteiger charge is -2.39. The van der Waals surface area contributed by atoms with Crippen LogP contribution in [0.4, 0.5) is 0 Å². The zero-order chi connectivity index (χ0) is 16.4. The molecule has 25 heavy (non-hydrogen) atoms. The molecule has 0 spiro atoms. The number of aliphatic imine (C=N–C) groups is 1. The van der Waals surface area contributed by atoms with Crippen LogP contribution in [0.25, 0.3) is 4.96 Å². The van der Waals surface area contributed by atoms with Gasteiger partial charge >= 0.3 is 0 Å². The SMILES string of the molecule is CN=C(NCc1cn2ccsc2n1)NC1CCC2CCCCC2C1.I. The van der Waals surface area contributed by atoms with Crippen LogP contribution in [0.1, 0.15) is 50.6 Å². The summed E-state index contributed by atoms with van der Waals surface area (Å²) >= 11 is 1.67. The van der Waals surface area contributed by atoms with Crippen LogP contribution in [0.5, 0.6) is 0 Å². The number of nitrogens with zero attached hydrogens (tertiary/aromatic N) is 3. The van der Waals surface area contributed by atoms with Crippen molar-refractivity contribution in [1.82, 2.24) is 20.0 Å². The van der Waals surface area contributed by atoms with E-state index >= 15 is 0 Å². The first kappa shape index (κ1) is 18.9. The van der Waals surface area contributed by atoms with Crippen molar-refractivity contribution in [2.75, 3.05) is 7.05 Å². The van der Waals surface area contributed by atoms with Gasteiger partial charge in [-0.2, -0.15) is 0 Å². The van der Waals surface area contributed by atoms with Gasteiger partial charge in [-0.15, -0.1) is 35.3 Å². The fourth-order valence-corrected chi connectivity index (χ4v) is 5.15. The smallest absolute Gasteiger partial charge is 0.193 e. The Kier molecular flexibility index (Phi) is 6.60. The van der Waals surface area contributed by atoms with Gasteiger partial charge in [-0.1, -0.05) is 25.7 Å². The van der Waals surface area contributed by atoms with E-state index in [1.54, 1.807) is 11.3 Å². The molecule has 3 unspecified atom stereocenters. The number of halogens is 1. The standard InChI is InChI=1S/C18H27N5S.HI/c1-19-17(20-11-16-12-23-8-9-24-18(23)22-16)21-15-7-6-13-4-2-3-5-14(13)10-15;/h8-9,12-15H,2-7,10-11H2,1H3,(H2,19,20,21);1H. The fraction of sp³-hybridized carbons (Fsp3) is 0.667. The molecule has 2 fully saturated rings. The van der Waals surface area contributed by atoms with Crippen molar-refractivity contribution in [3.05, 3.63) is 23.5 Å². The summed E-state index contributed by atoms with van der Waals surface area (Å²) in [7, 11) is 1.85.